The van der Waals surface area contributed by atoms with E-state index in [-0.39, 0.29) is 12.0 Å². The van der Waals surface area contributed by atoms with Crippen LogP contribution in [0.3, 0.4) is 0 Å². The van der Waals surface area contributed by atoms with E-state index in [2.05, 4.69) is 5.32 Å². The van der Waals surface area contributed by atoms with E-state index >= 15 is 0 Å². The molecular formula is C11H20N2O2. The molecule has 2 saturated heterocycles. The Labute approximate surface area is 91.0 Å². The standard InChI is InChI=1S/C11H20N2O2/c1-13(9-4-2-6-12-8-9)11(14)10-5-3-7-15-10/h9-10,12H,2-8H2,1H3/t9?,10-/m1/s1. The first-order chi connectivity index (χ1) is 7.29. The van der Waals surface area contributed by atoms with Crippen LogP contribution in [0.15, 0.2) is 0 Å². The van der Waals surface area contributed by atoms with E-state index in [1.807, 2.05) is 11.9 Å². The zero-order valence-electron chi connectivity index (χ0n) is 9.37. The van der Waals surface area contributed by atoms with Crippen LogP contribution in [0, 0.1) is 0 Å². The van der Waals surface area contributed by atoms with Gasteiger partial charge in [0, 0.05) is 26.2 Å². The van der Waals surface area contributed by atoms with E-state index in [4.69, 9.17) is 4.74 Å². The Kier molecular flexibility index (Phi) is 3.59. The molecule has 1 unspecified atom stereocenters. The summed E-state index contributed by atoms with van der Waals surface area (Å²) in [6.07, 6.45) is 4.02. The summed E-state index contributed by atoms with van der Waals surface area (Å²) >= 11 is 0. The minimum atomic E-state index is -0.170. The summed E-state index contributed by atoms with van der Waals surface area (Å²) in [6.45, 7) is 2.75. The highest BCUT2D eigenvalue weighted by Gasteiger charge is 2.30. The van der Waals surface area contributed by atoms with Gasteiger partial charge in [-0.05, 0) is 32.2 Å². The van der Waals surface area contributed by atoms with Gasteiger partial charge in [0.1, 0.15) is 6.10 Å². The molecule has 1 amide bonds. The van der Waals surface area contributed by atoms with Crippen LogP contribution < -0.4 is 5.32 Å². The monoisotopic (exact) mass is 212 g/mol. The van der Waals surface area contributed by atoms with Crippen molar-refractivity contribution >= 4 is 5.91 Å². The second-order valence-electron chi connectivity index (χ2n) is 4.45. The number of carbonyl (C=O) groups is 1. The van der Waals surface area contributed by atoms with Crippen molar-refractivity contribution < 1.29 is 9.53 Å². The number of nitrogens with one attached hydrogen (secondary N) is 1. The van der Waals surface area contributed by atoms with Crippen molar-refractivity contribution in [3.05, 3.63) is 0 Å². The van der Waals surface area contributed by atoms with E-state index in [9.17, 15) is 4.79 Å². The lowest BCUT2D eigenvalue weighted by atomic mass is 10.1. The first kappa shape index (κ1) is 10.9. The number of amides is 1. The van der Waals surface area contributed by atoms with E-state index in [0.717, 1.165) is 45.4 Å². The Morgan fingerprint density at radius 3 is 2.87 bits per heavy atom. The van der Waals surface area contributed by atoms with Crippen molar-refractivity contribution in [1.29, 1.82) is 0 Å². The number of ether oxygens (including phenoxy) is 1. The third-order valence-corrected chi connectivity index (χ3v) is 3.37. The summed E-state index contributed by atoms with van der Waals surface area (Å²) < 4.78 is 5.42. The van der Waals surface area contributed by atoms with Gasteiger partial charge in [0.15, 0.2) is 0 Å². The summed E-state index contributed by atoms with van der Waals surface area (Å²) in [6, 6.07) is 0.357. The van der Waals surface area contributed by atoms with Crippen LogP contribution in [0.4, 0.5) is 0 Å². The highest BCUT2D eigenvalue weighted by Crippen LogP contribution is 2.17. The van der Waals surface area contributed by atoms with E-state index in [0.29, 0.717) is 6.04 Å². The molecule has 0 aromatic carbocycles. The molecule has 0 aliphatic carbocycles. The molecule has 2 heterocycles. The number of hydrogen-bond donors (Lipinski definition) is 1. The zero-order valence-corrected chi connectivity index (χ0v) is 9.37. The summed E-state index contributed by atoms with van der Waals surface area (Å²) in [4.78, 5) is 13.9. The van der Waals surface area contributed by atoms with Gasteiger partial charge in [-0.3, -0.25) is 4.79 Å². The highest BCUT2D eigenvalue weighted by atomic mass is 16.5. The molecule has 0 saturated carbocycles. The van der Waals surface area contributed by atoms with Crippen LogP contribution in [0.25, 0.3) is 0 Å². The molecule has 2 aliphatic rings. The Morgan fingerprint density at radius 1 is 1.40 bits per heavy atom. The fraction of sp³-hybridized carbons (Fsp3) is 0.909. The lowest BCUT2D eigenvalue weighted by Crippen LogP contribution is -2.49. The third-order valence-electron chi connectivity index (χ3n) is 3.37. The third kappa shape index (κ3) is 2.49. The Balaban J connectivity index is 1.87. The Morgan fingerprint density at radius 2 is 2.27 bits per heavy atom. The van der Waals surface area contributed by atoms with Crippen LogP contribution in [0.5, 0.6) is 0 Å². The summed E-state index contributed by atoms with van der Waals surface area (Å²) in [5.74, 6) is 0.168. The predicted molar refractivity (Wildman–Crippen MR) is 57.6 cm³/mol. The van der Waals surface area contributed by atoms with Gasteiger partial charge < -0.3 is 15.0 Å². The second kappa shape index (κ2) is 4.94. The number of nitrogens with zero attached hydrogens (tertiary/aromatic N) is 1. The fourth-order valence-corrected chi connectivity index (χ4v) is 2.34. The second-order valence-corrected chi connectivity index (χ2v) is 4.45. The van der Waals surface area contributed by atoms with Crippen LogP contribution in [-0.2, 0) is 9.53 Å². The summed E-state index contributed by atoms with van der Waals surface area (Å²) in [5.41, 5.74) is 0. The maximum Gasteiger partial charge on any atom is 0.251 e. The van der Waals surface area contributed by atoms with E-state index in [1.54, 1.807) is 0 Å². The minimum Gasteiger partial charge on any atom is -0.368 e. The van der Waals surface area contributed by atoms with Gasteiger partial charge in [-0.25, -0.2) is 0 Å². The molecule has 2 atom stereocenters. The topological polar surface area (TPSA) is 41.6 Å². The average Bonchev–Trinajstić information content (AvgIpc) is 2.82. The molecule has 0 aromatic heterocycles. The minimum absolute atomic E-state index is 0.168. The van der Waals surface area contributed by atoms with Crippen LogP contribution in [-0.4, -0.2) is 49.7 Å². The highest BCUT2D eigenvalue weighted by molar-refractivity contribution is 5.81. The maximum atomic E-state index is 12.0. The molecule has 0 spiro atoms. The van der Waals surface area contributed by atoms with Crippen molar-refractivity contribution in [2.24, 2.45) is 0 Å². The van der Waals surface area contributed by atoms with Crippen LogP contribution >= 0.6 is 0 Å². The molecule has 2 aliphatic heterocycles. The molecule has 1 N–H and O–H groups in total. The molecule has 2 rings (SSSR count). The van der Waals surface area contributed by atoms with Crippen molar-refractivity contribution in [3.63, 3.8) is 0 Å². The number of piperidine rings is 1. The molecule has 2 fully saturated rings. The van der Waals surface area contributed by atoms with Gasteiger partial charge in [-0.1, -0.05) is 0 Å². The van der Waals surface area contributed by atoms with Crippen molar-refractivity contribution in [2.75, 3.05) is 26.7 Å². The van der Waals surface area contributed by atoms with Gasteiger partial charge in [0.2, 0.25) is 0 Å². The lowest BCUT2D eigenvalue weighted by Gasteiger charge is -2.33. The normalized spacial score (nSPS) is 31.5. The summed E-state index contributed by atoms with van der Waals surface area (Å²) in [7, 11) is 1.90. The number of rotatable bonds is 2. The van der Waals surface area contributed by atoms with Crippen molar-refractivity contribution in [3.8, 4) is 0 Å². The molecule has 0 bridgehead atoms. The molecule has 4 heteroatoms. The first-order valence-electron chi connectivity index (χ1n) is 5.88. The molecular weight excluding hydrogens is 192 g/mol. The van der Waals surface area contributed by atoms with Gasteiger partial charge in [0.05, 0.1) is 0 Å². The Bertz CT molecular complexity index is 221. The smallest absolute Gasteiger partial charge is 0.251 e. The molecule has 0 radical (unpaired) electrons. The van der Waals surface area contributed by atoms with Gasteiger partial charge in [-0.2, -0.15) is 0 Å². The van der Waals surface area contributed by atoms with Crippen LogP contribution in [0.1, 0.15) is 25.7 Å². The molecule has 86 valence electrons. The number of hydrogen-bond acceptors (Lipinski definition) is 3. The SMILES string of the molecule is CN(C(=O)[C@H]1CCCO1)C1CCCNC1. The predicted octanol–water partition coefficient (Wildman–Crippen LogP) is 0.376. The van der Waals surface area contributed by atoms with Gasteiger partial charge >= 0.3 is 0 Å². The largest absolute Gasteiger partial charge is 0.368 e. The summed E-state index contributed by atoms with van der Waals surface area (Å²) in [5, 5.41) is 3.33. The molecule has 15 heavy (non-hydrogen) atoms. The fourth-order valence-electron chi connectivity index (χ4n) is 2.34. The average molecular weight is 212 g/mol. The van der Waals surface area contributed by atoms with E-state index in [1.165, 1.54) is 0 Å². The van der Waals surface area contributed by atoms with E-state index < -0.39 is 0 Å². The molecule has 4 nitrogen and oxygen atoms in total. The van der Waals surface area contributed by atoms with Crippen LogP contribution in [0.2, 0.25) is 0 Å². The Hall–Kier alpha value is -0.610. The van der Waals surface area contributed by atoms with Crippen molar-refractivity contribution in [1.82, 2.24) is 10.2 Å². The number of carbonyl (C=O) groups excluding carboxylic acids is 1. The van der Waals surface area contributed by atoms with Gasteiger partial charge in [0.25, 0.3) is 5.91 Å². The van der Waals surface area contributed by atoms with Crippen molar-refractivity contribution in [2.45, 2.75) is 37.8 Å². The zero-order chi connectivity index (χ0) is 10.7. The van der Waals surface area contributed by atoms with Gasteiger partial charge in [-0.15, -0.1) is 0 Å². The quantitative estimate of drug-likeness (QED) is 0.719. The molecule has 0 aromatic rings. The maximum absolute atomic E-state index is 12.0. The lowest BCUT2D eigenvalue weighted by molar-refractivity contribution is -0.142. The number of likely N-dealkylation sites (N-methyl/N-ethyl adjacent to an activating group) is 1. The first-order valence-corrected chi connectivity index (χ1v) is 5.88.